The fourth-order valence-corrected chi connectivity index (χ4v) is 1.07. The van der Waals surface area contributed by atoms with E-state index in [0.29, 0.717) is 19.4 Å². The number of aliphatic hydroxyl groups is 1. The van der Waals surface area contributed by atoms with Crippen LogP contribution in [-0.4, -0.2) is 33.7 Å². The fourth-order valence-electron chi connectivity index (χ4n) is 1.07. The van der Waals surface area contributed by atoms with Crippen molar-refractivity contribution in [1.29, 1.82) is 0 Å². The SMILES string of the molecule is O=C(CCCO)NCCn1ccnc1. The standard InChI is InChI=1S/C9H15N3O2/c13-7-1-2-9(14)11-4-6-12-5-3-10-8-12/h3,5,8,13H,1-2,4,6-7H2,(H,11,14). The molecule has 1 rings (SSSR count). The number of imidazole rings is 1. The lowest BCUT2D eigenvalue weighted by atomic mass is 10.3. The highest BCUT2D eigenvalue weighted by Crippen LogP contribution is 1.87. The Morgan fingerprint density at radius 3 is 3.07 bits per heavy atom. The minimum atomic E-state index is -0.0147. The third-order valence-corrected chi connectivity index (χ3v) is 1.81. The summed E-state index contributed by atoms with van der Waals surface area (Å²) in [4.78, 5) is 15.0. The first-order valence-electron chi connectivity index (χ1n) is 4.66. The molecular formula is C9H15N3O2. The molecule has 0 fully saturated rings. The average molecular weight is 197 g/mol. The number of carbonyl (C=O) groups excluding carboxylic acids is 1. The van der Waals surface area contributed by atoms with E-state index in [1.807, 2.05) is 10.8 Å². The Bertz CT molecular complexity index is 259. The number of nitrogens with zero attached hydrogens (tertiary/aromatic N) is 2. The molecule has 14 heavy (non-hydrogen) atoms. The van der Waals surface area contributed by atoms with E-state index >= 15 is 0 Å². The van der Waals surface area contributed by atoms with Crippen molar-refractivity contribution >= 4 is 5.91 Å². The number of hydrogen-bond donors (Lipinski definition) is 2. The third-order valence-electron chi connectivity index (χ3n) is 1.81. The molecule has 78 valence electrons. The maximum atomic E-state index is 11.1. The molecule has 0 spiro atoms. The van der Waals surface area contributed by atoms with Gasteiger partial charge in [-0.2, -0.15) is 0 Å². The van der Waals surface area contributed by atoms with Gasteiger partial charge in [0.15, 0.2) is 0 Å². The molecule has 0 atom stereocenters. The van der Waals surface area contributed by atoms with Gasteiger partial charge in [-0.05, 0) is 6.42 Å². The molecule has 1 heterocycles. The second-order valence-corrected chi connectivity index (χ2v) is 2.98. The maximum absolute atomic E-state index is 11.1. The first kappa shape index (κ1) is 10.7. The molecule has 2 N–H and O–H groups in total. The van der Waals surface area contributed by atoms with E-state index in [4.69, 9.17) is 5.11 Å². The molecule has 5 heteroatoms. The number of aromatic nitrogens is 2. The molecule has 1 aromatic rings. The Morgan fingerprint density at radius 2 is 2.43 bits per heavy atom. The van der Waals surface area contributed by atoms with Crippen molar-refractivity contribution in [3.8, 4) is 0 Å². The number of carbonyl (C=O) groups is 1. The van der Waals surface area contributed by atoms with Crippen LogP contribution in [0.2, 0.25) is 0 Å². The van der Waals surface area contributed by atoms with E-state index in [1.54, 1.807) is 12.5 Å². The minimum absolute atomic E-state index is 0.0147. The van der Waals surface area contributed by atoms with Crippen molar-refractivity contribution in [2.45, 2.75) is 19.4 Å². The predicted molar refractivity (Wildman–Crippen MR) is 51.6 cm³/mol. The van der Waals surface area contributed by atoms with Crippen molar-refractivity contribution in [2.75, 3.05) is 13.2 Å². The highest BCUT2D eigenvalue weighted by atomic mass is 16.3. The highest BCUT2D eigenvalue weighted by molar-refractivity contribution is 5.75. The van der Waals surface area contributed by atoms with Crippen LogP contribution in [0.3, 0.4) is 0 Å². The van der Waals surface area contributed by atoms with Gasteiger partial charge < -0.3 is 15.0 Å². The van der Waals surface area contributed by atoms with E-state index in [-0.39, 0.29) is 12.5 Å². The summed E-state index contributed by atoms with van der Waals surface area (Å²) in [6, 6.07) is 0. The highest BCUT2D eigenvalue weighted by Gasteiger charge is 1.98. The van der Waals surface area contributed by atoms with Gasteiger partial charge in [-0.1, -0.05) is 0 Å². The summed E-state index contributed by atoms with van der Waals surface area (Å²) in [6.07, 6.45) is 6.17. The lowest BCUT2D eigenvalue weighted by Gasteiger charge is -2.04. The number of rotatable bonds is 6. The summed E-state index contributed by atoms with van der Waals surface area (Å²) in [7, 11) is 0. The molecule has 0 radical (unpaired) electrons. The summed E-state index contributed by atoms with van der Waals surface area (Å²) < 4.78 is 1.90. The van der Waals surface area contributed by atoms with E-state index in [0.717, 1.165) is 6.54 Å². The van der Waals surface area contributed by atoms with Crippen LogP contribution < -0.4 is 5.32 Å². The molecule has 1 amide bonds. The van der Waals surface area contributed by atoms with Gasteiger partial charge in [-0.3, -0.25) is 4.79 Å². The summed E-state index contributed by atoms with van der Waals surface area (Å²) in [5.74, 6) is -0.0147. The Labute approximate surface area is 82.8 Å². The average Bonchev–Trinajstić information content (AvgIpc) is 2.67. The molecular weight excluding hydrogens is 182 g/mol. The van der Waals surface area contributed by atoms with E-state index in [2.05, 4.69) is 10.3 Å². The van der Waals surface area contributed by atoms with Gasteiger partial charge in [-0.25, -0.2) is 4.98 Å². The summed E-state index contributed by atoms with van der Waals surface area (Å²) in [5, 5.41) is 11.3. The van der Waals surface area contributed by atoms with E-state index in [1.165, 1.54) is 0 Å². The van der Waals surface area contributed by atoms with Crippen LogP contribution in [0.25, 0.3) is 0 Å². The molecule has 0 aromatic carbocycles. The van der Waals surface area contributed by atoms with Crippen LogP contribution in [0.5, 0.6) is 0 Å². The van der Waals surface area contributed by atoms with Crippen LogP contribution >= 0.6 is 0 Å². The minimum Gasteiger partial charge on any atom is -0.396 e. The Hall–Kier alpha value is -1.36. The van der Waals surface area contributed by atoms with Crippen LogP contribution in [-0.2, 0) is 11.3 Å². The van der Waals surface area contributed by atoms with Crippen LogP contribution in [0.15, 0.2) is 18.7 Å². The number of amides is 1. The van der Waals surface area contributed by atoms with Gasteiger partial charge in [0.25, 0.3) is 0 Å². The molecule has 0 saturated carbocycles. The zero-order valence-electron chi connectivity index (χ0n) is 8.02. The summed E-state index contributed by atoms with van der Waals surface area (Å²) in [5.41, 5.74) is 0. The van der Waals surface area contributed by atoms with Crippen LogP contribution in [0, 0.1) is 0 Å². The van der Waals surface area contributed by atoms with Gasteiger partial charge in [0.05, 0.1) is 6.33 Å². The quantitative estimate of drug-likeness (QED) is 0.662. The molecule has 0 aliphatic carbocycles. The van der Waals surface area contributed by atoms with Crippen molar-refractivity contribution < 1.29 is 9.90 Å². The van der Waals surface area contributed by atoms with E-state index in [9.17, 15) is 4.79 Å². The largest absolute Gasteiger partial charge is 0.396 e. The molecule has 0 unspecified atom stereocenters. The van der Waals surface area contributed by atoms with Gasteiger partial charge in [-0.15, -0.1) is 0 Å². The monoisotopic (exact) mass is 197 g/mol. The van der Waals surface area contributed by atoms with Gasteiger partial charge in [0.2, 0.25) is 5.91 Å². The number of aliphatic hydroxyl groups excluding tert-OH is 1. The Morgan fingerprint density at radius 1 is 1.57 bits per heavy atom. The van der Waals surface area contributed by atoms with Crippen molar-refractivity contribution in [3.63, 3.8) is 0 Å². The zero-order valence-corrected chi connectivity index (χ0v) is 8.02. The lowest BCUT2D eigenvalue weighted by molar-refractivity contribution is -0.121. The van der Waals surface area contributed by atoms with Gasteiger partial charge in [0.1, 0.15) is 0 Å². The smallest absolute Gasteiger partial charge is 0.220 e. The normalized spacial score (nSPS) is 10.1. The predicted octanol–water partition coefficient (Wildman–Crippen LogP) is -0.228. The van der Waals surface area contributed by atoms with E-state index < -0.39 is 0 Å². The zero-order chi connectivity index (χ0) is 10.2. The summed E-state index contributed by atoms with van der Waals surface area (Å²) in [6.45, 7) is 1.39. The second-order valence-electron chi connectivity index (χ2n) is 2.98. The third kappa shape index (κ3) is 4.04. The molecule has 0 bridgehead atoms. The van der Waals surface area contributed by atoms with Gasteiger partial charge in [0, 0.05) is 38.5 Å². The number of nitrogens with one attached hydrogen (secondary N) is 1. The lowest BCUT2D eigenvalue weighted by Crippen LogP contribution is -2.26. The Kier molecular flexibility index (Phi) is 4.71. The molecule has 0 saturated heterocycles. The molecule has 1 aromatic heterocycles. The summed E-state index contributed by atoms with van der Waals surface area (Å²) >= 11 is 0. The van der Waals surface area contributed by atoms with Crippen LogP contribution in [0.4, 0.5) is 0 Å². The van der Waals surface area contributed by atoms with Gasteiger partial charge >= 0.3 is 0 Å². The maximum Gasteiger partial charge on any atom is 0.220 e. The Balaban J connectivity index is 2.06. The molecule has 5 nitrogen and oxygen atoms in total. The second kappa shape index (κ2) is 6.15. The fraction of sp³-hybridized carbons (Fsp3) is 0.556. The first-order chi connectivity index (χ1) is 6.83. The van der Waals surface area contributed by atoms with Crippen molar-refractivity contribution in [2.24, 2.45) is 0 Å². The van der Waals surface area contributed by atoms with Crippen LogP contribution in [0.1, 0.15) is 12.8 Å². The topological polar surface area (TPSA) is 67.2 Å². The molecule has 0 aliphatic heterocycles. The number of hydrogen-bond acceptors (Lipinski definition) is 3. The van der Waals surface area contributed by atoms with Crippen molar-refractivity contribution in [1.82, 2.24) is 14.9 Å². The molecule has 0 aliphatic rings. The first-order valence-corrected chi connectivity index (χ1v) is 4.66. The van der Waals surface area contributed by atoms with Crippen molar-refractivity contribution in [3.05, 3.63) is 18.7 Å².